The van der Waals surface area contributed by atoms with Crippen LogP contribution in [0.25, 0.3) is 20.7 Å². The van der Waals surface area contributed by atoms with Gasteiger partial charge in [-0.15, -0.1) is 34.5 Å². The summed E-state index contributed by atoms with van der Waals surface area (Å²) in [5.41, 5.74) is 1.20. The Hall–Kier alpha value is -3.14. The number of benzene rings is 2. The van der Waals surface area contributed by atoms with Gasteiger partial charge in [0, 0.05) is 35.0 Å². The van der Waals surface area contributed by atoms with Crippen LogP contribution in [0.4, 0.5) is 10.1 Å². The molecule has 7 nitrogen and oxygen atoms in total. The van der Waals surface area contributed by atoms with E-state index < -0.39 is 10.7 Å². The molecule has 0 aliphatic heterocycles. The average Bonchev–Trinajstić information content (AvgIpc) is 3.31. The van der Waals surface area contributed by atoms with Crippen LogP contribution >= 0.6 is 34.5 Å². The molecule has 2 aromatic carbocycles. The van der Waals surface area contributed by atoms with Crippen LogP contribution in [0.2, 0.25) is 0 Å². The Labute approximate surface area is 220 Å². The molecule has 0 saturated carbocycles. The zero-order chi connectivity index (χ0) is 25.5. The van der Waals surface area contributed by atoms with Gasteiger partial charge in [-0.05, 0) is 48.7 Å². The number of nitrogens with zero attached hydrogens (tertiary/aromatic N) is 2. The van der Waals surface area contributed by atoms with E-state index in [1.165, 1.54) is 23.5 Å². The molecule has 0 aliphatic rings. The first-order chi connectivity index (χ1) is 17.5. The predicted octanol–water partition coefficient (Wildman–Crippen LogP) is 7.82. The summed E-state index contributed by atoms with van der Waals surface area (Å²) >= 11 is 13.0. The Morgan fingerprint density at radius 3 is 2.33 bits per heavy atom. The van der Waals surface area contributed by atoms with Crippen molar-refractivity contribution in [3.8, 4) is 33.4 Å². The molecule has 0 spiro atoms. The third-order valence-electron chi connectivity index (χ3n) is 5.02. The van der Waals surface area contributed by atoms with Crippen molar-refractivity contribution in [2.24, 2.45) is 0 Å². The highest BCUT2D eigenvalue weighted by molar-refractivity contribution is 7.22. The zero-order valence-corrected chi connectivity index (χ0v) is 21.2. The molecule has 4 aromatic rings. The van der Waals surface area contributed by atoms with E-state index in [9.17, 15) is 14.5 Å². The number of thiophene rings is 1. The molecular weight excluding hydrogens is 530 g/mol. The molecule has 2 heterocycles. The van der Waals surface area contributed by atoms with Gasteiger partial charge in [0.25, 0.3) is 5.69 Å². The fourth-order valence-corrected chi connectivity index (χ4v) is 4.59. The third kappa shape index (κ3) is 6.16. The molecule has 0 unspecified atom stereocenters. The lowest BCUT2D eigenvalue weighted by molar-refractivity contribution is -0.385. The smallest absolute Gasteiger partial charge is 0.272 e. The minimum absolute atomic E-state index is 0.114. The van der Waals surface area contributed by atoms with Gasteiger partial charge in [0.1, 0.15) is 5.75 Å². The summed E-state index contributed by atoms with van der Waals surface area (Å²) in [5.74, 6) is 1.66. The standard InChI is InChI=1S/C25H21Cl2FN2O5S/c26-8-1-11-33-21-5-3-16(13-23(21)34-12-2-9-27)24-15-19-25(36-24)22(7-10-29-19)35-20-6-4-17(30(31)32)14-18(20)28/h3-7,10,13-15H,1-2,8-9,11-12H2. The van der Waals surface area contributed by atoms with Crippen molar-refractivity contribution in [2.45, 2.75) is 12.8 Å². The molecule has 0 radical (unpaired) electrons. The van der Waals surface area contributed by atoms with Gasteiger partial charge in [0.2, 0.25) is 0 Å². The summed E-state index contributed by atoms with van der Waals surface area (Å²) in [7, 11) is 0. The molecule has 0 saturated heterocycles. The second-order valence-corrected chi connectivity index (χ2v) is 9.36. The van der Waals surface area contributed by atoms with Crippen molar-refractivity contribution >= 4 is 50.4 Å². The zero-order valence-electron chi connectivity index (χ0n) is 18.9. The molecule has 0 fully saturated rings. The lowest BCUT2D eigenvalue weighted by Crippen LogP contribution is -2.03. The van der Waals surface area contributed by atoms with Crippen molar-refractivity contribution in [1.29, 1.82) is 0 Å². The first-order valence-corrected chi connectivity index (χ1v) is 12.9. The predicted molar refractivity (Wildman–Crippen MR) is 140 cm³/mol. The van der Waals surface area contributed by atoms with Crippen molar-refractivity contribution in [3.63, 3.8) is 0 Å². The number of ether oxygens (including phenoxy) is 3. The Bertz CT molecular complexity index is 1370. The first-order valence-electron chi connectivity index (χ1n) is 11.0. The lowest BCUT2D eigenvalue weighted by atomic mass is 10.1. The van der Waals surface area contributed by atoms with Gasteiger partial charge in [-0.25, -0.2) is 4.39 Å². The monoisotopic (exact) mass is 550 g/mol. The van der Waals surface area contributed by atoms with Crippen LogP contribution in [0, 0.1) is 15.9 Å². The minimum atomic E-state index is -0.825. The van der Waals surface area contributed by atoms with Gasteiger partial charge in [0.05, 0.1) is 34.4 Å². The highest BCUT2D eigenvalue weighted by atomic mass is 35.5. The Balaban J connectivity index is 1.64. The maximum atomic E-state index is 14.4. The number of fused-ring (bicyclic) bond motifs is 1. The molecule has 0 atom stereocenters. The molecule has 0 N–H and O–H groups in total. The summed E-state index contributed by atoms with van der Waals surface area (Å²) in [6.07, 6.45) is 2.97. The first kappa shape index (κ1) is 25.9. The summed E-state index contributed by atoms with van der Waals surface area (Å²) in [6, 6.07) is 12.5. The lowest BCUT2D eigenvalue weighted by Gasteiger charge is -2.13. The van der Waals surface area contributed by atoms with Crippen molar-refractivity contribution in [3.05, 3.63) is 70.7 Å². The minimum Gasteiger partial charge on any atom is -0.490 e. The van der Waals surface area contributed by atoms with E-state index >= 15 is 0 Å². The fraction of sp³-hybridized carbons (Fsp3) is 0.240. The van der Waals surface area contributed by atoms with Crippen LogP contribution in [0.3, 0.4) is 0 Å². The number of alkyl halides is 2. The number of pyridine rings is 1. The molecule has 2 aromatic heterocycles. The third-order valence-corrected chi connectivity index (χ3v) is 6.74. The van der Waals surface area contributed by atoms with Gasteiger partial charge in [-0.2, -0.15) is 0 Å². The van der Waals surface area contributed by atoms with Crippen LogP contribution in [0.5, 0.6) is 23.0 Å². The molecule has 4 rings (SSSR count). The Morgan fingerprint density at radius 2 is 1.64 bits per heavy atom. The average molecular weight is 551 g/mol. The van der Waals surface area contributed by atoms with E-state index in [0.29, 0.717) is 65.3 Å². The number of aromatic nitrogens is 1. The number of non-ortho nitro benzene ring substituents is 1. The molecule has 188 valence electrons. The summed E-state index contributed by atoms with van der Waals surface area (Å²) in [6.45, 7) is 0.924. The van der Waals surface area contributed by atoms with E-state index in [0.717, 1.165) is 16.5 Å². The molecule has 11 heteroatoms. The van der Waals surface area contributed by atoms with E-state index in [1.807, 2.05) is 24.3 Å². The van der Waals surface area contributed by atoms with Crippen molar-refractivity contribution in [1.82, 2.24) is 4.98 Å². The highest BCUT2D eigenvalue weighted by Gasteiger charge is 2.16. The SMILES string of the molecule is O=[N+]([O-])c1ccc(Oc2ccnc3cc(-c4ccc(OCCCCl)c(OCCCCl)c4)sc23)c(F)c1. The van der Waals surface area contributed by atoms with Crippen molar-refractivity contribution < 1.29 is 23.5 Å². The molecule has 0 bridgehead atoms. The molecule has 0 amide bonds. The van der Waals surface area contributed by atoms with E-state index in [2.05, 4.69) is 4.98 Å². The summed E-state index contributed by atoms with van der Waals surface area (Å²) in [4.78, 5) is 15.5. The van der Waals surface area contributed by atoms with Crippen LogP contribution in [-0.4, -0.2) is 34.9 Å². The van der Waals surface area contributed by atoms with Crippen molar-refractivity contribution in [2.75, 3.05) is 25.0 Å². The number of nitro groups is 1. The Kier molecular flexibility index (Phi) is 8.79. The van der Waals surface area contributed by atoms with E-state index in [-0.39, 0.29) is 11.4 Å². The number of rotatable bonds is 12. The maximum Gasteiger partial charge on any atom is 0.272 e. The van der Waals surface area contributed by atoms with Gasteiger partial charge in [-0.3, -0.25) is 15.1 Å². The maximum absolute atomic E-state index is 14.4. The van der Waals surface area contributed by atoms with E-state index in [1.54, 1.807) is 12.3 Å². The molecule has 36 heavy (non-hydrogen) atoms. The van der Waals surface area contributed by atoms with Gasteiger partial charge < -0.3 is 14.2 Å². The fourth-order valence-electron chi connectivity index (χ4n) is 3.31. The van der Waals surface area contributed by atoms with E-state index in [4.69, 9.17) is 37.4 Å². The molecule has 0 aliphatic carbocycles. The van der Waals surface area contributed by atoms with Crippen LogP contribution in [-0.2, 0) is 0 Å². The van der Waals surface area contributed by atoms with Crippen LogP contribution in [0.15, 0.2) is 54.7 Å². The quantitative estimate of drug-likeness (QED) is 0.0773. The van der Waals surface area contributed by atoms with Gasteiger partial charge >= 0.3 is 0 Å². The number of halogens is 3. The normalized spacial score (nSPS) is 11.0. The summed E-state index contributed by atoms with van der Waals surface area (Å²) in [5, 5.41) is 10.9. The van der Waals surface area contributed by atoms with Crippen LogP contribution < -0.4 is 14.2 Å². The molecular formula is C25H21Cl2FN2O5S. The number of hydrogen-bond donors (Lipinski definition) is 0. The van der Waals surface area contributed by atoms with Crippen LogP contribution in [0.1, 0.15) is 12.8 Å². The number of nitro benzene ring substituents is 1. The summed E-state index contributed by atoms with van der Waals surface area (Å²) < 4.78 is 32.6. The second-order valence-electron chi connectivity index (χ2n) is 7.55. The highest BCUT2D eigenvalue weighted by Crippen LogP contribution is 2.42. The second kappa shape index (κ2) is 12.2. The number of hydrogen-bond acceptors (Lipinski definition) is 7. The largest absolute Gasteiger partial charge is 0.490 e. The van der Waals surface area contributed by atoms with Gasteiger partial charge in [-0.1, -0.05) is 0 Å². The Morgan fingerprint density at radius 1 is 0.917 bits per heavy atom. The topological polar surface area (TPSA) is 83.7 Å². The van der Waals surface area contributed by atoms with Gasteiger partial charge in [0.15, 0.2) is 23.1 Å².